The molecule has 1 unspecified atom stereocenters. The van der Waals surface area contributed by atoms with Crippen molar-refractivity contribution in [3.63, 3.8) is 0 Å². The summed E-state index contributed by atoms with van der Waals surface area (Å²) in [6, 6.07) is 6.84. The first-order chi connectivity index (χ1) is 10.2. The van der Waals surface area contributed by atoms with E-state index in [4.69, 9.17) is 4.74 Å². The van der Waals surface area contributed by atoms with E-state index in [1.165, 1.54) is 36.0 Å². The Morgan fingerprint density at radius 3 is 3.00 bits per heavy atom. The summed E-state index contributed by atoms with van der Waals surface area (Å²) in [4.78, 5) is 11.7. The summed E-state index contributed by atoms with van der Waals surface area (Å²) < 4.78 is 5.06. The largest absolute Gasteiger partial charge is 0.466 e. The number of hydrogen-bond donors (Lipinski definition) is 1. The maximum Gasteiger partial charge on any atom is 0.307 e. The zero-order chi connectivity index (χ0) is 15.1. The van der Waals surface area contributed by atoms with Gasteiger partial charge in [-0.25, -0.2) is 0 Å². The lowest BCUT2D eigenvalue weighted by Gasteiger charge is -2.17. The van der Waals surface area contributed by atoms with Crippen LogP contribution in [0.25, 0.3) is 0 Å². The zero-order valence-corrected chi connectivity index (χ0v) is 12.9. The van der Waals surface area contributed by atoms with Crippen LogP contribution >= 0.6 is 0 Å². The maximum atomic E-state index is 11.7. The molecule has 0 saturated heterocycles. The highest BCUT2D eigenvalue weighted by molar-refractivity contribution is 5.70. The van der Waals surface area contributed by atoms with Crippen molar-refractivity contribution in [2.24, 2.45) is 0 Å². The molecule has 0 radical (unpaired) electrons. The lowest BCUT2D eigenvalue weighted by molar-refractivity contribution is -0.143. The molecule has 3 heteroatoms. The van der Waals surface area contributed by atoms with Gasteiger partial charge < -0.3 is 10.1 Å². The van der Waals surface area contributed by atoms with Crippen LogP contribution in [0.2, 0.25) is 0 Å². The van der Waals surface area contributed by atoms with Crippen molar-refractivity contribution in [3.8, 4) is 0 Å². The predicted molar refractivity (Wildman–Crippen MR) is 85.4 cm³/mol. The second-order valence-electron chi connectivity index (χ2n) is 5.56. The fourth-order valence-corrected chi connectivity index (χ4v) is 2.92. The van der Waals surface area contributed by atoms with Gasteiger partial charge in [0.2, 0.25) is 0 Å². The lowest BCUT2D eigenvalue weighted by Crippen LogP contribution is -2.34. The molecule has 0 fully saturated rings. The highest BCUT2D eigenvalue weighted by Crippen LogP contribution is 2.23. The molecule has 0 amide bonds. The molecule has 2 rings (SSSR count). The van der Waals surface area contributed by atoms with Gasteiger partial charge in [0.25, 0.3) is 0 Å². The minimum absolute atomic E-state index is 0.0986. The summed E-state index contributed by atoms with van der Waals surface area (Å²) in [5.41, 5.74) is 4.26. The summed E-state index contributed by atoms with van der Waals surface area (Å²) in [7, 11) is 0. The van der Waals surface area contributed by atoms with Gasteiger partial charge in [0.05, 0.1) is 13.0 Å². The molecule has 114 valence electrons. The molecule has 1 aliphatic rings. The van der Waals surface area contributed by atoms with Gasteiger partial charge >= 0.3 is 5.97 Å². The molecule has 1 aromatic rings. The molecule has 0 saturated carbocycles. The van der Waals surface area contributed by atoms with Crippen LogP contribution in [0.3, 0.4) is 0 Å². The van der Waals surface area contributed by atoms with E-state index >= 15 is 0 Å². The van der Waals surface area contributed by atoms with Crippen LogP contribution < -0.4 is 5.32 Å². The Morgan fingerprint density at radius 2 is 2.24 bits per heavy atom. The molecule has 1 atom stereocenters. The van der Waals surface area contributed by atoms with Crippen LogP contribution in [0.5, 0.6) is 0 Å². The quantitative estimate of drug-likeness (QED) is 0.590. The first-order valence-corrected chi connectivity index (χ1v) is 7.83. The number of ether oxygens (including phenoxy) is 1. The van der Waals surface area contributed by atoms with Crippen LogP contribution in [0.4, 0.5) is 0 Å². The fourth-order valence-electron chi connectivity index (χ4n) is 2.92. The Morgan fingerprint density at radius 1 is 1.43 bits per heavy atom. The van der Waals surface area contributed by atoms with Gasteiger partial charge in [0.1, 0.15) is 0 Å². The SMILES string of the molecule is C=CCNC(CC(=O)OCC)Cc1ccc2c(c1)CCC2. The van der Waals surface area contributed by atoms with Gasteiger partial charge in [-0.2, -0.15) is 0 Å². The van der Waals surface area contributed by atoms with Crippen LogP contribution in [0.15, 0.2) is 30.9 Å². The van der Waals surface area contributed by atoms with Gasteiger partial charge in [-0.1, -0.05) is 24.3 Å². The standard InChI is InChI=1S/C18H25NO2/c1-3-10-19-17(13-18(20)21-4-2)12-14-8-9-15-6-5-7-16(15)11-14/h3,8-9,11,17,19H,1,4-7,10,12-13H2,2H3. The Kier molecular flexibility index (Phi) is 6.00. The summed E-state index contributed by atoms with van der Waals surface area (Å²) in [5.74, 6) is -0.139. The average molecular weight is 287 g/mol. The van der Waals surface area contributed by atoms with E-state index in [0.717, 1.165) is 6.42 Å². The second-order valence-corrected chi connectivity index (χ2v) is 5.56. The molecule has 21 heavy (non-hydrogen) atoms. The number of esters is 1. The smallest absolute Gasteiger partial charge is 0.307 e. The van der Waals surface area contributed by atoms with Gasteiger partial charge in [-0.05, 0) is 49.3 Å². The Hall–Kier alpha value is -1.61. The minimum atomic E-state index is -0.139. The van der Waals surface area contributed by atoms with Crippen LogP contribution in [0, 0.1) is 0 Å². The van der Waals surface area contributed by atoms with E-state index in [1.54, 1.807) is 0 Å². The summed E-state index contributed by atoms with van der Waals surface area (Å²) >= 11 is 0. The lowest BCUT2D eigenvalue weighted by atomic mass is 9.99. The van der Waals surface area contributed by atoms with E-state index in [0.29, 0.717) is 19.6 Å². The molecular weight excluding hydrogens is 262 g/mol. The van der Waals surface area contributed by atoms with Gasteiger partial charge in [-0.15, -0.1) is 6.58 Å². The second kappa shape index (κ2) is 7.99. The van der Waals surface area contributed by atoms with Crippen LogP contribution in [-0.2, 0) is 28.8 Å². The number of aryl methyl sites for hydroxylation is 2. The minimum Gasteiger partial charge on any atom is -0.466 e. The fraction of sp³-hybridized carbons (Fsp3) is 0.500. The normalized spacial score (nSPS) is 14.5. The van der Waals surface area contributed by atoms with Crippen molar-refractivity contribution in [1.82, 2.24) is 5.32 Å². The van der Waals surface area contributed by atoms with Crippen molar-refractivity contribution in [2.45, 2.75) is 45.1 Å². The van der Waals surface area contributed by atoms with Crippen molar-refractivity contribution in [2.75, 3.05) is 13.2 Å². The third-order valence-corrected chi connectivity index (χ3v) is 3.91. The first-order valence-electron chi connectivity index (χ1n) is 7.83. The molecule has 0 aliphatic heterocycles. The van der Waals surface area contributed by atoms with Gasteiger partial charge in [-0.3, -0.25) is 4.79 Å². The predicted octanol–water partition coefficient (Wildman–Crippen LogP) is 2.82. The van der Waals surface area contributed by atoms with E-state index in [9.17, 15) is 4.79 Å². The number of nitrogens with one attached hydrogen (secondary N) is 1. The first kappa shape index (κ1) is 15.8. The maximum absolute atomic E-state index is 11.7. The van der Waals surface area contributed by atoms with Crippen molar-refractivity contribution < 1.29 is 9.53 Å². The third kappa shape index (κ3) is 4.71. The van der Waals surface area contributed by atoms with Gasteiger partial charge in [0, 0.05) is 12.6 Å². The molecule has 0 spiro atoms. The van der Waals surface area contributed by atoms with Crippen molar-refractivity contribution in [3.05, 3.63) is 47.5 Å². The Balaban J connectivity index is 1.99. The molecule has 0 heterocycles. The van der Waals surface area contributed by atoms with E-state index < -0.39 is 0 Å². The average Bonchev–Trinajstić information content (AvgIpc) is 2.92. The van der Waals surface area contributed by atoms with Gasteiger partial charge in [0.15, 0.2) is 0 Å². The third-order valence-electron chi connectivity index (χ3n) is 3.91. The number of benzene rings is 1. The Bertz CT molecular complexity index is 496. The monoisotopic (exact) mass is 287 g/mol. The summed E-state index contributed by atoms with van der Waals surface area (Å²) in [6.07, 6.45) is 6.72. The Labute approximate surface area is 127 Å². The van der Waals surface area contributed by atoms with Crippen molar-refractivity contribution in [1.29, 1.82) is 0 Å². The summed E-state index contributed by atoms with van der Waals surface area (Å²) in [5, 5.41) is 3.36. The van der Waals surface area contributed by atoms with Crippen LogP contribution in [-0.4, -0.2) is 25.2 Å². The van der Waals surface area contributed by atoms with E-state index in [-0.39, 0.29) is 12.0 Å². The molecule has 1 N–H and O–H groups in total. The highest BCUT2D eigenvalue weighted by atomic mass is 16.5. The van der Waals surface area contributed by atoms with E-state index in [1.807, 2.05) is 13.0 Å². The topological polar surface area (TPSA) is 38.3 Å². The van der Waals surface area contributed by atoms with Crippen molar-refractivity contribution >= 4 is 5.97 Å². The number of rotatable bonds is 8. The molecule has 3 nitrogen and oxygen atoms in total. The summed E-state index contributed by atoms with van der Waals surface area (Å²) in [6.45, 7) is 6.70. The number of carbonyl (C=O) groups excluding carboxylic acids is 1. The number of carbonyl (C=O) groups is 1. The van der Waals surface area contributed by atoms with E-state index in [2.05, 4.69) is 30.1 Å². The highest BCUT2D eigenvalue weighted by Gasteiger charge is 2.16. The number of hydrogen-bond acceptors (Lipinski definition) is 3. The molecule has 0 aromatic heterocycles. The van der Waals surface area contributed by atoms with Crippen LogP contribution in [0.1, 0.15) is 36.5 Å². The molecule has 1 aliphatic carbocycles. The molecule has 1 aromatic carbocycles. The molecule has 0 bridgehead atoms. The number of fused-ring (bicyclic) bond motifs is 1. The zero-order valence-electron chi connectivity index (χ0n) is 12.9. The molecular formula is C18H25NO2.